The summed E-state index contributed by atoms with van der Waals surface area (Å²) in [5, 5.41) is 9.11. The molecule has 0 radical (unpaired) electrons. The van der Waals surface area contributed by atoms with Crippen LogP contribution in [-0.2, 0) is 9.53 Å². The molecule has 2 fully saturated rings. The summed E-state index contributed by atoms with van der Waals surface area (Å²) in [4.78, 5) is 27.0. The molecule has 6 heteroatoms. The predicted molar refractivity (Wildman–Crippen MR) is 68.9 cm³/mol. The van der Waals surface area contributed by atoms with Crippen LogP contribution < -0.4 is 0 Å². The van der Waals surface area contributed by atoms with Gasteiger partial charge in [0.05, 0.1) is 18.1 Å². The highest BCUT2D eigenvalue weighted by atomic mass is 16.5. The number of carbonyl (C=O) groups is 2. The molecular formula is C13H22N2O4. The lowest BCUT2D eigenvalue weighted by molar-refractivity contribution is -0.142. The number of nitrogens with zero attached hydrogens (tertiary/aromatic N) is 2. The Balaban J connectivity index is 2.02. The van der Waals surface area contributed by atoms with Crippen molar-refractivity contribution in [3.05, 3.63) is 0 Å². The van der Waals surface area contributed by atoms with Gasteiger partial charge in [-0.25, -0.2) is 4.79 Å². The number of aliphatic carboxylic acids is 1. The van der Waals surface area contributed by atoms with Crippen LogP contribution in [-0.4, -0.2) is 64.8 Å². The molecule has 2 amide bonds. The van der Waals surface area contributed by atoms with E-state index in [9.17, 15) is 9.59 Å². The van der Waals surface area contributed by atoms with Crippen molar-refractivity contribution in [3.63, 3.8) is 0 Å². The van der Waals surface area contributed by atoms with Crippen molar-refractivity contribution < 1.29 is 19.4 Å². The minimum atomic E-state index is -0.813. The average Bonchev–Trinajstić information content (AvgIpc) is 2.69. The molecule has 0 saturated carbocycles. The van der Waals surface area contributed by atoms with Gasteiger partial charge in [-0.3, -0.25) is 4.79 Å². The second-order valence-corrected chi connectivity index (χ2v) is 5.61. The SMILES string of the molecule is CC1CN(C(=O)N2CCC(C(=O)O)C2C)CC(C)O1. The smallest absolute Gasteiger partial charge is 0.320 e. The van der Waals surface area contributed by atoms with E-state index < -0.39 is 11.9 Å². The molecule has 4 atom stereocenters. The van der Waals surface area contributed by atoms with Crippen molar-refractivity contribution in [2.45, 2.75) is 45.4 Å². The average molecular weight is 270 g/mol. The van der Waals surface area contributed by atoms with Gasteiger partial charge in [0.2, 0.25) is 0 Å². The number of rotatable bonds is 1. The fourth-order valence-corrected chi connectivity index (χ4v) is 3.06. The van der Waals surface area contributed by atoms with Gasteiger partial charge in [-0.15, -0.1) is 0 Å². The fraction of sp³-hybridized carbons (Fsp3) is 0.846. The number of likely N-dealkylation sites (tertiary alicyclic amines) is 1. The van der Waals surface area contributed by atoms with Crippen LogP contribution >= 0.6 is 0 Å². The molecular weight excluding hydrogens is 248 g/mol. The molecule has 4 unspecified atom stereocenters. The van der Waals surface area contributed by atoms with Gasteiger partial charge in [0.15, 0.2) is 0 Å². The van der Waals surface area contributed by atoms with Crippen molar-refractivity contribution in [3.8, 4) is 0 Å². The first kappa shape index (κ1) is 14.1. The number of morpholine rings is 1. The van der Waals surface area contributed by atoms with E-state index in [2.05, 4.69) is 0 Å². The first-order valence-corrected chi connectivity index (χ1v) is 6.84. The first-order valence-electron chi connectivity index (χ1n) is 6.84. The van der Waals surface area contributed by atoms with Gasteiger partial charge in [-0.2, -0.15) is 0 Å². The largest absolute Gasteiger partial charge is 0.481 e. The summed E-state index contributed by atoms with van der Waals surface area (Å²) in [5.74, 6) is -1.26. The van der Waals surface area contributed by atoms with Crippen molar-refractivity contribution in [2.75, 3.05) is 19.6 Å². The maximum Gasteiger partial charge on any atom is 0.320 e. The predicted octanol–water partition coefficient (Wildman–Crippen LogP) is 1.01. The van der Waals surface area contributed by atoms with E-state index in [1.165, 1.54) is 0 Å². The Labute approximate surface area is 113 Å². The van der Waals surface area contributed by atoms with Crippen LogP contribution in [0.2, 0.25) is 0 Å². The quantitative estimate of drug-likeness (QED) is 0.772. The summed E-state index contributed by atoms with van der Waals surface area (Å²) in [6.45, 7) is 7.38. The number of carboxylic acid groups (broad SMARTS) is 1. The Kier molecular flexibility index (Phi) is 3.99. The lowest BCUT2D eigenvalue weighted by Crippen LogP contribution is -2.54. The molecule has 2 aliphatic rings. The van der Waals surface area contributed by atoms with Gasteiger partial charge in [-0.1, -0.05) is 0 Å². The molecule has 0 bridgehead atoms. The molecule has 2 heterocycles. The second kappa shape index (κ2) is 5.36. The van der Waals surface area contributed by atoms with Crippen molar-refractivity contribution >= 4 is 12.0 Å². The number of ether oxygens (including phenoxy) is 1. The van der Waals surface area contributed by atoms with Gasteiger partial charge in [0, 0.05) is 25.7 Å². The number of hydrogen-bond donors (Lipinski definition) is 1. The lowest BCUT2D eigenvalue weighted by atomic mass is 10.0. The Morgan fingerprint density at radius 3 is 2.21 bits per heavy atom. The van der Waals surface area contributed by atoms with Crippen LogP contribution in [0.25, 0.3) is 0 Å². The highest BCUT2D eigenvalue weighted by Gasteiger charge is 2.40. The lowest BCUT2D eigenvalue weighted by Gasteiger charge is -2.38. The Bertz CT molecular complexity index is 364. The number of carboxylic acids is 1. The van der Waals surface area contributed by atoms with Gasteiger partial charge in [-0.05, 0) is 27.2 Å². The monoisotopic (exact) mass is 270 g/mol. The maximum atomic E-state index is 12.5. The molecule has 0 aromatic carbocycles. The summed E-state index contributed by atoms with van der Waals surface area (Å²) in [6, 6.07) is -0.295. The zero-order valence-electron chi connectivity index (χ0n) is 11.7. The van der Waals surface area contributed by atoms with E-state index >= 15 is 0 Å². The third kappa shape index (κ3) is 2.83. The van der Waals surface area contributed by atoms with E-state index in [-0.39, 0.29) is 24.3 Å². The number of urea groups is 1. The Hall–Kier alpha value is -1.30. The van der Waals surface area contributed by atoms with Gasteiger partial charge in [0.25, 0.3) is 0 Å². The molecule has 2 rings (SSSR count). The minimum Gasteiger partial charge on any atom is -0.481 e. The van der Waals surface area contributed by atoms with Crippen LogP contribution in [0.1, 0.15) is 27.2 Å². The molecule has 108 valence electrons. The zero-order valence-corrected chi connectivity index (χ0v) is 11.7. The minimum absolute atomic E-state index is 0.0286. The van der Waals surface area contributed by atoms with Gasteiger partial charge in [0.1, 0.15) is 0 Å². The standard InChI is InChI=1S/C13H22N2O4/c1-8-6-14(7-9(2)19-8)13(18)15-5-4-11(10(15)3)12(16)17/h8-11H,4-7H2,1-3H3,(H,16,17). The van der Waals surface area contributed by atoms with E-state index in [1.54, 1.807) is 9.80 Å². The van der Waals surface area contributed by atoms with Crippen molar-refractivity contribution in [2.24, 2.45) is 5.92 Å². The Morgan fingerprint density at radius 2 is 1.74 bits per heavy atom. The van der Waals surface area contributed by atoms with Crippen LogP contribution in [0.3, 0.4) is 0 Å². The fourth-order valence-electron chi connectivity index (χ4n) is 3.06. The molecule has 0 aliphatic carbocycles. The topological polar surface area (TPSA) is 70.1 Å². The number of carbonyl (C=O) groups excluding carboxylic acids is 1. The third-order valence-corrected chi connectivity index (χ3v) is 4.01. The van der Waals surface area contributed by atoms with Crippen LogP contribution in [0, 0.1) is 5.92 Å². The van der Waals surface area contributed by atoms with E-state index in [0.717, 1.165) is 0 Å². The van der Waals surface area contributed by atoms with E-state index in [4.69, 9.17) is 9.84 Å². The van der Waals surface area contributed by atoms with Crippen LogP contribution in [0.5, 0.6) is 0 Å². The van der Waals surface area contributed by atoms with Crippen LogP contribution in [0.4, 0.5) is 4.79 Å². The summed E-state index contributed by atoms with van der Waals surface area (Å²) in [5.41, 5.74) is 0. The second-order valence-electron chi connectivity index (χ2n) is 5.61. The molecule has 2 aliphatic heterocycles. The molecule has 0 spiro atoms. The highest BCUT2D eigenvalue weighted by Crippen LogP contribution is 2.26. The van der Waals surface area contributed by atoms with E-state index in [1.807, 2.05) is 20.8 Å². The molecule has 2 saturated heterocycles. The van der Waals surface area contributed by atoms with Crippen LogP contribution in [0.15, 0.2) is 0 Å². The molecule has 1 N–H and O–H groups in total. The zero-order chi connectivity index (χ0) is 14.2. The molecule has 19 heavy (non-hydrogen) atoms. The number of amides is 2. The summed E-state index contributed by atoms with van der Waals surface area (Å²) >= 11 is 0. The maximum absolute atomic E-state index is 12.5. The molecule has 0 aromatic rings. The normalized spacial score (nSPS) is 35.5. The van der Waals surface area contributed by atoms with E-state index in [0.29, 0.717) is 26.1 Å². The summed E-state index contributed by atoms with van der Waals surface area (Å²) < 4.78 is 5.61. The van der Waals surface area contributed by atoms with Gasteiger partial charge >= 0.3 is 12.0 Å². The first-order chi connectivity index (χ1) is 8.90. The van der Waals surface area contributed by atoms with Crippen molar-refractivity contribution in [1.82, 2.24) is 9.80 Å². The summed E-state index contributed by atoms with van der Waals surface area (Å²) in [6.07, 6.45) is 0.597. The third-order valence-electron chi connectivity index (χ3n) is 4.01. The molecule has 6 nitrogen and oxygen atoms in total. The highest BCUT2D eigenvalue weighted by molar-refractivity contribution is 5.78. The summed E-state index contributed by atoms with van der Waals surface area (Å²) in [7, 11) is 0. The van der Waals surface area contributed by atoms with Gasteiger partial charge < -0.3 is 19.6 Å². The molecule has 0 aromatic heterocycles. The Morgan fingerprint density at radius 1 is 1.16 bits per heavy atom. The number of hydrogen-bond acceptors (Lipinski definition) is 3. The van der Waals surface area contributed by atoms with Crippen molar-refractivity contribution in [1.29, 1.82) is 0 Å².